The Bertz CT molecular complexity index is 403. The van der Waals surface area contributed by atoms with Crippen molar-refractivity contribution in [2.75, 3.05) is 7.05 Å². The van der Waals surface area contributed by atoms with Gasteiger partial charge in [-0.05, 0) is 18.5 Å². The third-order valence-corrected chi connectivity index (χ3v) is 2.75. The van der Waals surface area contributed by atoms with E-state index < -0.39 is 0 Å². The molecule has 0 amide bonds. The largest absolute Gasteiger partial charge is 0.316 e. The van der Waals surface area contributed by atoms with Crippen molar-refractivity contribution in [1.82, 2.24) is 15.1 Å². The number of hydrogen-bond donors (Lipinski definition) is 1. The van der Waals surface area contributed by atoms with E-state index in [1.54, 1.807) is 11.3 Å². The molecule has 1 N–H and O–H groups in total. The number of aryl methyl sites for hydroxylation is 1. The van der Waals surface area contributed by atoms with Gasteiger partial charge >= 0.3 is 0 Å². The minimum Gasteiger partial charge on any atom is -0.316 e. The first kappa shape index (κ1) is 9.43. The van der Waals surface area contributed by atoms with Gasteiger partial charge in [0, 0.05) is 36.3 Å². The van der Waals surface area contributed by atoms with Crippen LogP contribution in [-0.4, -0.2) is 16.8 Å². The lowest BCUT2D eigenvalue weighted by Crippen LogP contribution is -2.04. The summed E-state index contributed by atoms with van der Waals surface area (Å²) >= 11 is 1.70. The Morgan fingerprint density at radius 3 is 3.07 bits per heavy atom. The molecule has 2 aromatic rings. The summed E-state index contributed by atoms with van der Waals surface area (Å²) in [7, 11) is 3.90. The molecule has 0 aliphatic heterocycles. The molecule has 4 heteroatoms. The first-order chi connectivity index (χ1) is 6.81. The van der Waals surface area contributed by atoms with E-state index >= 15 is 0 Å². The van der Waals surface area contributed by atoms with E-state index in [9.17, 15) is 0 Å². The lowest BCUT2D eigenvalue weighted by atomic mass is 10.1. The number of nitrogens with one attached hydrogen (secondary N) is 1. The van der Waals surface area contributed by atoms with Crippen LogP contribution in [0.2, 0.25) is 0 Å². The zero-order valence-electron chi connectivity index (χ0n) is 8.32. The highest BCUT2D eigenvalue weighted by atomic mass is 32.1. The molecule has 0 unspecified atom stereocenters. The van der Waals surface area contributed by atoms with E-state index in [2.05, 4.69) is 33.4 Å². The molecule has 0 saturated carbocycles. The van der Waals surface area contributed by atoms with Crippen LogP contribution in [0, 0.1) is 0 Å². The van der Waals surface area contributed by atoms with Crippen LogP contribution in [0.1, 0.15) is 5.56 Å². The Morgan fingerprint density at radius 2 is 2.43 bits per heavy atom. The molecule has 0 aliphatic rings. The first-order valence-electron chi connectivity index (χ1n) is 4.51. The lowest BCUT2D eigenvalue weighted by Gasteiger charge is -1.97. The Hall–Kier alpha value is -1.13. The van der Waals surface area contributed by atoms with Gasteiger partial charge in [-0.2, -0.15) is 16.4 Å². The van der Waals surface area contributed by atoms with Crippen molar-refractivity contribution in [1.29, 1.82) is 0 Å². The molecule has 0 atom stereocenters. The van der Waals surface area contributed by atoms with Crippen molar-refractivity contribution in [2.45, 2.75) is 6.54 Å². The Morgan fingerprint density at radius 1 is 1.57 bits per heavy atom. The second kappa shape index (κ2) is 3.94. The van der Waals surface area contributed by atoms with Crippen molar-refractivity contribution in [2.24, 2.45) is 7.05 Å². The minimum atomic E-state index is 0.860. The summed E-state index contributed by atoms with van der Waals surface area (Å²) in [6, 6.07) is 2.10. The molecule has 0 bridgehead atoms. The number of nitrogens with zero attached hydrogens (tertiary/aromatic N) is 2. The van der Waals surface area contributed by atoms with Gasteiger partial charge in [0.2, 0.25) is 0 Å². The van der Waals surface area contributed by atoms with E-state index in [4.69, 9.17) is 0 Å². The smallest absolute Gasteiger partial charge is 0.0976 e. The lowest BCUT2D eigenvalue weighted by molar-refractivity contribution is 0.766. The molecule has 14 heavy (non-hydrogen) atoms. The Labute approximate surface area is 87.4 Å². The van der Waals surface area contributed by atoms with Gasteiger partial charge in [0.25, 0.3) is 0 Å². The minimum absolute atomic E-state index is 0.860. The summed E-state index contributed by atoms with van der Waals surface area (Å²) in [6.07, 6.45) is 2.06. The van der Waals surface area contributed by atoms with Crippen LogP contribution in [-0.2, 0) is 13.6 Å². The van der Waals surface area contributed by atoms with Gasteiger partial charge in [-0.3, -0.25) is 4.68 Å². The molecular weight excluding hydrogens is 194 g/mol. The summed E-state index contributed by atoms with van der Waals surface area (Å²) in [6.45, 7) is 0.860. The summed E-state index contributed by atoms with van der Waals surface area (Å²) in [5, 5.41) is 11.8. The van der Waals surface area contributed by atoms with Gasteiger partial charge in [0.05, 0.1) is 5.69 Å². The van der Waals surface area contributed by atoms with Crippen molar-refractivity contribution in [3.05, 3.63) is 28.6 Å². The zero-order valence-corrected chi connectivity index (χ0v) is 9.14. The third-order valence-electron chi connectivity index (χ3n) is 2.07. The molecule has 0 fully saturated rings. The van der Waals surface area contributed by atoms with Gasteiger partial charge in [0.15, 0.2) is 0 Å². The predicted octanol–water partition coefficient (Wildman–Crippen LogP) is 1.87. The molecule has 0 spiro atoms. The van der Waals surface area contributed by atoms with Crippen LogP contribution in [0.15, 0.2) is 23.0 Å². The monoisotopic (exact) mass is 207 g/mol. The molecule has 2 rings (SSSR count). The fourth-order valence-electron chi connectivity index (χ4n) is 1.50. The van der Waals surface area contributed by atoms with E-state index in [0.717, 1.165) is 12.2 Å². The summed E-state index contributed by atoms with van der Waals surface area (Å²) < 4.78 is 1.86. The average molecular weight is 207 g/mol. The summed E-state index contributed by atoms with van der Waals surface area (Å²) in [5.41, 5.74) is 3.54. The van der Waals surface area contributed by atoms with Crippen molar-refractivity contribution in [3.63, 3.8) is 0 Å². The second-order valence-electron chi connectivity index (χ2n) is 3.22. The zero-order chi connectivity index (χ0) is 9.97. The van der Waals surface area contributed by atoms with E-state index in [1.165, 1.54) is 11.1 Å². The third kappa shape index (κ3) is 1.71. The molecule has 0 aromatic carbocycles. The molecule has 0 saturated heterocycles. The van der Waals surface area contributed by atoms with E-state index in [-0.39, 0.29) is 0 Å². The van der Waals surface area contributed by atoms with Crippen molar-refractivity contribution in [3.8, 4) is 11.3 Å². The van der Waals surface area contributed by atoms with E-state index in [0.29, 0.717) is 0 Å². The maximum atomic E-state index is 4.46. The van der Waals surface area contributed by atoms with Crippen LogP contribution < -0.4 is 5.32 Å². The Balaban J connectivity index is 2.41. The number of thiophene rings is 1. The van der Waals surface area contributed by atoms with Crippen LogP contribution in [0.5, 0.6) is 0 Å². The molecule has 74 valence electrons. The summed E-state index contributed by atoms with van der Waals surface area (Å²) in [5.74, 6) is 0. The van der Waals surface area contributed by atoms with Gasteiger partial charge < -0.3 is 5.32 Å². The summed E-state index contributed by atoms with van der Waals surface area (Å²) in [4.78, 5) is 0. The Kier molecular flexibility index (Phi) is 2.65. The van der Waals surface area contributed by atoms with Gasteiger partial charge in [-0.15, -0.1) is 0 Å². The number of hydrogen-bond acceptors (Lipinski definition) is 3. The van der Waals surface area contributed by atoms with Crippen molar-refractivity contribution < 1.29 is 0 Å². The molecule has 0 radical (unpaired) electrons. The highest BCUT2D eigenvalue weighted by molar-refractivity contribution is 7.08. The van der Waals surface area contributed by atoms with Crippen LogP contribution in [0.4, 0.5) is 0 Å². The molecule has 3 nitrogen and oxygen atoms in total. The molecule has 2 aromatic heterocycles. The predicted molar refractivity (Wildman–Crippen MR) is 59.3 cm³/mol. The normalized spacial score (nSPS) is 10.7. The SMILES string of the molecule is CNCc1cn(C)nc1-c1ccsc1. The van der Waals surface area contributed by atoms with Crippen molar-refractivity contribution >= 4 is 11.3 Å². The fourth-order valence-corrected chi connectivity index (χ4v) is 2.14. The van der Waals surface area contributed by atoms with Crippen LogP contribution >= 0.6 is 11.3 Å². The number of rotatable bonds is 3. The standard InChI is InChI=1S/C10H13N3S/c1-11-5-9-6-13(2)12-10(9)8-3-4-14-7-8/h3-4,6-7,11H,5H2,1-2H3. The fraction of sp³-hybridized carbons (Fsp3) is 0.300. The topological polar surface area (TPSA) is 29.9 Å². The molecule has 2 heterocycles. The van der Waals surface area contributed by atoms with Crippen LogP contribution in [0.3, 0.4) is 0 Å². The quantitative estimate of drug-likeness (QED) is 0.832. The van der Waals surface area contributed by atoms with Gasteiger partial charge in [0.1, 0.15) is 0 Å². The number of aromatic nitrogens is 2. The maximum absolute atomic E-state index is 4.46. The average Bonchev–Trinajstić information content (AvgIpc) is 2.74. The second-order valence-corrected chi connectivity index (χ2v) is 4.00. The maximum Gasteiger partial charge on any atom is 0.0976 e. The van der Waals surface area contributed by atoms with Gasteiger partial charge in [-0.25, -0.2) is 0 Å². The highest BCUT2D eigenvalue weighted by Crippen LogP contribution is 2.23. The molecule has 0 aliphatic carbocycles. The van der Waals surface area contributed by atoms with Crippen LogP contribution in [0.25, 0.3) is 11.3 Å². The van der Waals surface area contributed by atoms with E-state index in [1.807, 2.05) is 18.8 Å². The van der Waals surface area contributed by atoms with Gasteiger partial charge in [-0.1, -0.05) is 0 Å². The first-order valence-corrected chi connectivity index (χ1v) is 5.45. The highest BCUT2D eigenvalue weighted by Gasteiger charge is 2.08. The molecular formula is C10H13N3S.